The Morgan fingerprint density at radius 1 is 1.48 bits per heavy atom. The molecule has 1 aromatic heterocycles. The number of thioether (sulfide) groups is 1. The highest BCUT2D eigenvalue weighted by Crippen LogP contribution is 2.40. The van der Waals surface area contributed by atoms with Gasteiger partial charge < -0.3 is 9.88 Å². The minimum Gasteiger partial charge on any atom is -0.325 e. The van der Waals surface area contributed by atoms with Gasteiger partial charge in [-0.3, -0.25) is 4.79 Å². The summed E-state index contributed by atoms with van der Waals surface area (Å²) in [7, 11) is 0. The SMILES string of the molecule is CCn1c(SC(C)C(=O)Nc2cccc(Cl)c2)nnc1C1CC1. The second kappa shape index (κ2) is 6.93. The molecule has 1 aromatic carbocycles. The summed E-state index contributed by atoms with van der Waals surface area (Å²) in [6.07, 6.45) is 2.38. The third-order valence-electron chi connectivity index (χ3n) is 3.75. The molecule has 1 saturated carbocycles. The van der Waals surface area contributed by atoms with Crippen molar-refractivity contribution in [2.75, 3.05) is 5.32 Å². The fraction of sp³-hybridized carbons (Fsp3) is 0.438. The van der Waals surface area contributed by atoms with Crippen LogP contribution < -0.4 is 5.32 Å². The molecule has 1 heterocycles. The summed E-state index contributed by atoms with van der Waals surface area (Å²) in [4.78, 5) is 12.3. The first-order valence-corrected chi connectivity index (χ1v) is 9.00. The largest absolute Gasteiger partial charge is 0.325 e. The summed E-state index contributed by atoms with van der Waals surface area (Å²) in [5.74, 6) is 1.53. The van der Waals surface area contributed by atoms with Crippen molar-refractivity contribution in [2.24, 2.45) is 0 Å². The average Bonchev–Trinajstić information content (AvgIpc) is 3.28. The van der Waals surface area contributed by atoms with Crippen molar-refractivity contribution in [2.45, 2.75) is 49.6 Å². The maximum Gasteiger partial charge on any atom is 0.237 e. The monoisotopic (exact) mass is 350 g/mol. The predicted octanol–water partition coefficient (Wildman–Crippen LogP) is 3.95. The molecule has 23 heavy (non-hydrogen) atoms. The molecule has 2 aromatic rings. The summed E-state index contributed by atoms with van der Waals surface area (Å²) in [5, 5.41) is 12.6. The molecule has 1 atom stereocenters. The molecule has 1 aliphatic rings. The van der Waals surface area contributed by atoms with Crippen LogP contribution >= 0.6 is 23.4 Å². The molecule has 1 aliphatic carbocycles. The van der Waals surface area contributed by atoms with Crippen LogP contribution in [0.4, 0.5) is 5.69 Å². The van der Waals surface area contributed by atoms with Crippen molar-refractivity contribution in [1.29, 1.82) is 0 Å². The molecule has 1 unspecified atom stereocenters. The van der Waals surface area contributed by atoms with E-state index >= 15 is 0 Å². The van der Waals surface area contributed by atoms with E-state index in [0.29, 0.717) is 16.6 Å². The Labute approximate surface area is 144 Å². The van der Waals surface area contributed by atoms with Gasteiger partial charge in [0, 0.05) is 23.2 Å². The van der Waals surface area contributed by atoms with Crippen molar-refractivity contribution in [3.63, 3.8) is 0 Å². The van der Waals surface area contributed by atoms with Gasteiger partial charge in [-0.2, -0.15) is 0 Å². The molecule has 1 N–H and O–H groups in total. The second-order valence-electron chi connectivity index (χ2n) is 5.62. The zero-order chi connectivity index (χ0) is 16.4. The molecule has 1 fully saturated rings. The van der Waals surface area contributed by atoms with Crippen LogP contribution in [0.25, 0.3) is 0 Å². The zero-order valence-corrected chi connectivity index (χ0v) is 14.7. The highest BCUT2D eigenvalue weighted by molar-refractivity contribution is 8.00. The van der Waals surface area contributed by atoms with E-state index in [1.54, 1.807) is 12.1 Å². The van der Waals surface area contributed by atoms with Crippen LogP contribution in [-0.4, -0.2) is 25.9 Å². The molecular weight excluding hydrogens is 332 g/mol. The van der Waals surface area contributed by atoms with Gasteiger partial charge in [-0.15, -0.1) is 10.2 Å². The van der Waals surface area contributed by atoms with Crippen LogP contribution in [0.3, 0.4) is 0 Å². The van der Waals surface area contributed by atoms with E-state index < -0.39 is 0 Å². The molecule has 5 nitrogen and oxygen atoms in total. The van der Waals surface area contributed by atoms with Gasteiger partial charge in [-0.05, 0) is 44.9 Å². The van der Waals surface area contributed by atoms with Crippen molar-refractivity contribution in [3.8, 4) is 0 Å². The van der Waals surface area contributed by atoms with E-state index in [9.17, 15) is 4.79 Å². The minimum atomic E-state index is -0.268. The van der Waals surface area contributed by atoms with Crippen molar-refractivity contribution < 1.29 is 4.79 Å². The van der Waals surface area contributed by atoms with Gasteiger partial charge in [0.2, 0.25) is 5.91 Å². The number of carbonyl (C=O) groups is 1. The third kappa shape index (κ3) is 3.87. The number of nitrogens with one attached hydrogen (secondary N) is 1. The Morgan fingerprint density at radius 3 is 2.91 bits per heavy atom. The number of hydrogen-bond acceptors (Lipinski definition) is 4. The number of halogens is 1. The lowest BCUT2D eigenvalue weighted by atomic mass is 10.3. The maximum absolute atomic E-state index is 12.3. The van der Waals surface area contributed by atoms with Crippen molar-refractivity contribution in [1.82, 2.24) is 14.8 Å². The van der Waals surface area contributed by atoms with Gasteiger partial charge in [0.15, 0.2) is 5.16 Å². The Hall–Kier alpha value is -1.53. The normalized spacial score (nSPS) is 15.4. The molecular formula is C16H19ClN4OS. The fourth-order valence-electron chi connectivity index (χ4n) is 2.35. The summed E-state index contributed by atoms with van der Waals surface area (Å²) in [6.45, 7) is 4.77. The van der Waals surface area contributed by atoms with Crippen LogP contribution in [0.5, 0.6) is 0 Å². The molecule has 0 saturated heterocycles. The Bertz CT molecular complexity index is 714. The van der Waals surface area contributed by atoms with Crippen LogP contribution in [-0.2, 0) is 11.3 Å². The van der Waals surface area contributed by atoms with E-state index in [1.165, 1.54) is 24.6 Å². The number of carbonyl (C=O) groups excluding carboxylic acids is 1. The molecule has 7 heteroatoms. The first-order chi connectivity index (χ1) is 11.1. The van der Waals surface area contributed by atoms with Crippen LogP contribution in [0, 0.1) is 0 Å². The summed E-state index contributed by atoms with van der Waals surface area (Å²) >= 11 is 7.37. The lowest BCUT2D eigenvalue weighted by Gasteiger charge is -2.12. The number of amides is 1. The number of benzene rings is 1. The number of aromatic nitrogens is 3. The maximum atomic E-state index is 12.3. The van der Waals surface area contributed by atoms with E-state index in [0.717, 1.165) is 17.5 Å². The lowest BCUT2D eigenvalue weighted by molar-refractivity contribution is -0.115. The quantitative estimate of drug-likeness (QED) is 0.801. The molecule has 0 aliphatic heterocycles. The molecule has 0 spiro atoms. The first kappa shape index (κ1) is 16.3. The van der Waals surface area contributed by atoms with Gasteiger partial charge >= 0.3 is 0 Å². The van der Waals surface area contributed by atoms with Crippen LogP contribution in [0.2, 0.25) is 5.02 Å². The van der Waals surface area contributed by atoms with Crippen LogP contribution in [0.1, 0.15) is 38.4 Å². The molecule has 3 rings (SSSR count). The fourth-order valence-corrected chi connectivity index (χ4v) is 3.46. The third-order valence-corrected chi connectivity index (χ3v) is 5.06. The number of anilines is 1. The van der Waals surface area contributed by atoms with Crippen LogP contribution in [0.15, 0.2) is 29.4 Å². The predicted molar refractivity (Wildman–Crippen MR) is 93.1 cm³/mol. The highest BCUT2D eigenvalue weighted by atomic mass is 35.5. The summed E-state index contributed by atoms with van der Waals surface area (Å²) in [5.41, 5.74) is 0.700. The smallest absolute Gasteiger partial charge is 0.237 e. The zero-order valence-electron chi connectivity index (χ0n) is 13.1. The van der Waals surface area contributed by atoms with Crippen molar-refractivity contribution >= 4 is 35.0 Å². The Balaban J connectivity index is 1.66. The topological polar surface area (TPSA) is 59.8 Å². The average molecular weight is 351 g/mol. The minimum absolute atomic E-state index is 0.0732. The number of nitrogens with zero attached hydrogens (tertiary/aromatic N) is 3. The van der Waals surface area contributed by atoms with Gasteiger partial charge in [0.05, 0.1) is 5.25 Å². The van der Waals surface area contributed by atoms with Crippen molar-refractivity contribution in [3.05, 3.63) is 35.1 Å². The molecule has 122 valence electrons. The molecule has 1 amide bonds. The summed E-state index contributed by atoms with van der Waals surface area (Å²) in [6, 6.07) is 7.14. The van der Waals surface area contributed by atoms with E-state index in [1.807, 2.05) is 19.1 Å². The molecule has 0 bridgehead atoms. The summed E-state index contributed by atoms with van der Waals surface area (Å²) < 4.78 is 2.12. The van der Waals surface area contributed by atoms with E-state index in [2.05, 4.69) is 27.0 Å². The van der Waals surface area contributed by atoms with E-state index in [-0.39, 0.29) is 11.2 Å². The highest BCUT2D eigenvalue weighted by Gasteiger charge is 2.30. The lowest BCUT2D eigenvalue weighted by Crippen LogP contribution is -2.23. The Kier molecular flexibility index (Phi) is 4.92. The van der Waals surface area contributed by atoms with Gasteiger partial charge in [0.1, 0.15) is 5.82 Å². The number of hydrogen-bond donors (Lipinski definition) is 1. The van der Waals surface area contributed by atoms with E-state index in [4.69, 9.17) is 11.6 Å². The first-order valence-electron chi connectivity index (χ1n) is 7.74. The Morgan fingerprint density at radius 2 is 2.26 bits per heavy atom. The second-order valence-corrected chi connectivity index (χ2v) is 7.36. The standard InChI is InChI=1S/C16H19ClN4OS/c1-3-21-14(11-7-8-11)19-20-16(21)23-10(2)15(22)18-13-6-4-5-12(17)9-13/h4-6,9-11H,3,7-8H2,1-2H3,(H,18,22). The van der Waals surface area contributed by atoms with Gasteiger partial charge in [-0.1, -0.05) is 29.4 Å². The van der Waals surface area contributed by atoms with Gasteiger partial charge in [0.25, 0.3) is 0 Å². The van der Waals surface area contributed by atoms with Gasteiger partial charge in [-0.25, -0.2) is 0 Å². The number of rotatable bonds is 6. The molecule has 0 radical (unpaired) electrons.